The molecule has 0 aliphatic carbocycles. The number of alkyl halides is 3. The molecule has 0 bridgehead atoms. The molecule has 1 aliphatic rings. The summed E-state index contributed by atoms with van der Waals surface area (Å²) >= 11 is 0. The van der Waals surface area contributed by atoms with Crippen LogP contribution in [0.3, 0.4) is 0 Å². The first-order valence-electron chi connectivity index (χ1n) is 9.05. The van der Waals surface area contributed by atoms with Crippen molar-refractivity contribution in [2.75, 3.05) is 25.1 Å². The maximum Gasteiger partial charge on any atom is 0.471 e. The number of carbonyl (C=O) groups excluding carboxylic acids is 1. The molecule has 2 atom stereocenters. The normalized spacial score (nSPS) is 19.1. The summed E-state index contributed by atoms with van der Waals surface area (Å²) in [5, 5.41) is 11.3. The van der Waals surface area contributed by atoms with Crippen LogP contribution < -0.4 is 15.0 Å². The van der Waals surface area contributed by atoms with Gasteiger partial charge in [0.15, 0.2) is 11.6 Å². The van der Waals surface area contributed by atoms with Gasteiger partial charge in [-0.1, -0.05) is 6.07 Å². The van der Waals surface area contributed by atoms with E-state index in [9.17, 15) is 27.6 Å². The Kier molecular flexibility index (Phi) is 6.10. The van der Waals surface area contributed by atoms with Crippen molar-refractivity contribution in [3.63, 3.8) is 0 Å². The van der Waals surface area contributed by atoms with Crippen LogP contribution in [0.15, 0.2) is 36.5 Å². The Morgan fingerprint density at radius 2 is 2.13 bits per heavy atom. The van der Waals surface area contributed by atoms with Gasteiger partial charge in [0, 0.05) is 25.2 Å². The molecule has 1 aromatic carbocycles. The van der Waals surface area contributed by atoms with E-state index < -0.39 is 29.9 Å². The largest absolute Gasteiger partial charge is 0.494 e. The van der Waals surface area contributed by atoms with Gasteiger partial charge in [-0.15, -0.1) is 0 Å². The molecule has 158 valence electrons. The molecule has 2 unspecified atom stereocenters. The third-order valence-electron chi connectivity index (χ3n) is 5.00. The van der Waals surface area contributed by atoms with Crippen LogP contribution in [0, 0.1) is 17.1 Å². The number of anilines is 1. The highest BCUT2D eigenvalue weighted by atomic mass is 19.4. The van der Waals surface area contributed by atoms with Gasteiger partial charge in [0.05, 0.1) is 18.7 Å². The Morgan fingerprint density at radius 3 is 2.77 bits per heavy atom. The van der Waals surface area contributed by atoms with Crippen molar-refractivity contribution in [1.82, 2.24) is 10.3 Å². The molecular formula is C20H18F4N4O2. The second-order valence-electron chi connectivity index (χ2n) is 6.80. The van der Waals surface area contributed by atoms with Crippen molar-refractivity contribution >= 4 is 11.7 Å². The molecule has 1 amide bonds. The van der Waals surface area contributed by atoms with Gasteiger partial charge in [-0.2, -0.15) is 18.4 Å². The van der Waals surface area contributed by atoms with E-state index in [1.165, 1.54) is 25.4 Å². The zero-order valence-electron chi connectivity index (χ0n) is 15.9. The van der Waals surface area contributed by atoms with E-state index in [2.05, 4.69) is 4.98 Å². The van der Waals surface area contributed by atoms with Crippen molar-refractivity contribution < 1.29 is 27.1 Å². The second-order valence-corrected chi connectivity index (χ2v) is 6.80. The van der Waals surface area contributed by atoms with E-state index >= 15 is 0 Å². The summed E-state index contributed by atoms with van der Waals surface area (Å²) in [5.74, 6) is -2.95. The van der Waals surface area contributed by atoms with Gasteiger partial charge < -0.3 is 15.0 Å². The highest BCUT2D eigenvalue weighted by molar-refractivity contribution is 5.82. The van der Waals surface area contributed by atoms with Crippen LogP contribution in [-0.2, 0) is 4.79 Å². The van der Waals surface area contributed by atoms with E-state index in [1.807, 2.05) is 11.4 Å². The minimum absolute atomic E-state index is 0.0132. The average molecular weight is 422 g/mol. The minimum atomic E-state index is -5.05. The summed E-state index contributed by atoms with van der Waals surface area (Å²) in [6.45, 7) is 0.341. The number of benzene rings is 1. The Bertz CT molecular complexity index is 974. The second kappa shape index (κ2) is 8.57. The first-order chi connectivity index (χ1) is 14.2. The summed E-state index contributed by atoms with van der Waals surface area (Å²) in [4.78, 5) is 17.4. The topological polar surface area (TPSA) is 78.2 Å². The van der Waals surface area contributed by atoms with E-state index in [0.29, 0.717) is 24.3 Å². The van der Waals surface area contributed by atoms with Crippen molar-refractivity contribution in [2.24, 2.45) is 0 Å². The molecule has 0 saturated carbocycles. The zero-order chi connectivity index (χ0) is 21.9. The number of hydrogen-bond donors (Lipinski definition) is 1. The zero-order valence-corrected chi connectivity index (χ0v) is 15.9. The summed E-state index contributed by atoms with van der Waals surface area (Å²) < 4.78 is 57.7. The van der Waals surface area contributed by atoms with Crippen molar-refractivity contribution in [3.8, 4) is 11.8 Å². The Balaban J connectivity index is 1.92. The molecule has 0 radical (unpaired) electrons. The predicted octanol–water partition coefficient (Wildman–Crippen LogP) is 3.14. The number of rotatable bonds is 4. The number of amides is 1. The molecule has 10 heteroatoms. The van der Waals surface area contributed by atoms with Crippen LogP contribution in [0.25, 0.3) is 0 Å². The van der Waals surface area contributed by atoms with Crippen LogP contribution in [-0.4, -0.2) is 43.3 Å². The van der Waals surface area contributed by atoms with E-state index in [0.717, 1.165) is 0 Å². The lowest BCUT2D eigenvalue weighted by atomic mass is 9.85. The molecule has 1 N–H and O–H groups in total. The number of nitriles is 1. The highest BCUT2D eigenvalue weighted by Gasteiger charge is 2.42. The van der Waals surface area contributed by atoms with Crippen LogP contribution in [0.1, 0.15) is 23.5 Å². The lowest BCUT2D eigenvalue weighted by Gasteiger charge is -2.40. The SMILES string of the molecule is COc1ccc(C2CCN(c3ncccc3C#N)CC2NC(=O)C(F)(F)F)cc1F. The number of nitrogens with zero attached hydrogens (tertiary/aromatic N) is 3. The van der Waals surface area contributed by atoms with Gasteiger partial charge in [-0.3, -0.25) is 4.79 Å². The molecule has 1 fully saturated rings. The maximum atomic E-state index is 14.2. The molecular weight excluding hydrogens is 404 g/mol. The first kappa shape index (κ1) is 21.4. The third-order valence-corrected chi connectivity index (χ3v) is 5.00. The lowest BCUT2D eigenvalue weighted by molar-refractivity contribution is -0.174. The number of hydrogen-bond acceptors (Lipinski definition) is 5. The van der Waals surface area contributed by atoms with Crippen LogP contribution >= 0.6 is 0 Å². The highest BCUT2D eigenvalue weighted by Crippen LogP contribution is 2.33. The summed E-state index contributed by atoms with van der Waals surface area (Å²) in [7, 11) is 1.31. The molecule has 3 rings (SSSR count). The number of pyridine rings is 1. The van der Waals surface area contributed by atoms with Crippen molar-refractivity contribution in [1.29, 1.82) is 5.26 Å². The maximum absolute atomic E-state index is 14.2. The van der Waals surface area contributed by atoms with Gasteiger partial charge in [0.1, 0.15) is 11.9 Å². The fourth-order valence-electron chi connectivity index (χ4n) is 3.59. The number of ether oxygens (including phenoxy) is 1. The Hall–Kier alpha value is -3.35. The van der Waals surface area contributed by atoms with E-state index in [1.54, 1.807) is 23.1 Å². The molecule has 1 saturated heterocycles. The van der Waals surface area contributed by atoms with Crippen LogP contribution in [0.2, 0.25) is 0 Å². The number of carbonyl (C=O) groups is 1. The number of halogens is 4. The van der Waals surface area contributed by atoms with Gasteiger partial charge in [-0.25, -0.2) is 9.37 Å². The van der Waals surface area contributed by atoms with Gasteiger partial charge >= 0.3 is 12.1 Å². The average Bonchev–Trinajstić information content (AvgIpc) is 2.73. The quantitative estimate of drug-likeness (QED) is 0.766. The standard InChI is InChI=1S/C20H18F4N4O2/c1-30-17-5-4-12(9-15(17)21)14-6-8-28(18-13(10-25)3-2-7-26-18)11-16(14)27-19(29)20(22,23)24/h2-5,7,9,14,16H,6,8,11H2,1H3,(H,27,29). The molecule has 0 spiro atoms. The molecule has 1 aliphatic heterocycles. The molecule has 6 nitrogen and oxygen atoms in total. The van der Waals surface area contributed by atoms with Crippen LogP contribution in [0.4, 0.5) is 23.4 Å². The third kappa shape index (κ3) is 4.45. The smallest absolute Gasteiger partial charge is 0.471 e. The van der Waals surface area contributed by atoms with Gasteiger partial charge in [0.2, 0.25) is 0 Å². The first-order valence-corrected chi connectivity index (χ1v) is 9.05. The predicted molar refractivity (Wildman–Crippen MR) is 99.5 cm³/mol. The van der Waals surface area contributed by atoms with Crippen LogP contribution in [0.5, 0.6) is 5.75 Å². The molecule has 2 aromatic rings. The van der Waals surface area contributed by atoms with E-state index in [4.69, 9.17) is 4.74 Å². The summed E-state index contributed by atoms with van der Waals surface area (Å²) in [6.07, 6.45) is -3.26. The molecule has 1 aromatic heterocycles. The monoisotopic (exact) mass is 422 g/mol. The number of nitrogens with one attached hydrogen (secondary N) is 1. The number of aromatic nitrogens is 1. The Morgan fingerprint density at radius 1 is 1.37 bits per heavy atom. The van der Waals surface area contributed by atoms with Crippen molar-refractivity contribution in [3.05, 3.63) is 53.5 Å². The fourth-order valence-corrected chi connectivity index (χ4v) is 3.59. The fraction of sp³-hybridized carbons (Fsp3) is 0.350. The Labute approximate surface area is 170 Å². The molecule has 2 heterocycles. The lowest BCUT2D eigenvalue weighted by Crippen LogP contribution is -2.54. The van der Waals surface area contributed by atoms with Crippen molar-refractivity contribution in [2.45, 2.75) is 24.6 Å². The summed E-state index contributed by atoms with van der Waals surface area (Å²) in [5.41, 5.74) is 0.717. The number of methoxy groups -OCH3 is 1. The minimum Gasteiger partial charge on any atom is -0.494 e. The van der Waals surface area contributed by atoms with Gasteiger partial charge in [-0.05, 0) is 36.2 Å². The van der Waals surface area contributed by atoms with E-state index in [-0.39, 0.29) is 17.9 Å². The summed E-state index contributed by atoms with van der Waals surface area (Å²) in [6, 6.07) is 8.32. The molecule has 30 heavy (non-hydrogen) atoms. The number of piperidine rings is 1. The van der Waals surface area contributed by atoms with Gasteiger partial charge in [0.25, 0.3) is 0 Å².